The Kier molecular flexibility index (Phi) is 5.18. The maximum Gasteiger partial charge on any atom is 0.322 e. The molecule has 1 aliphatic rings. The summed E-state index contributed by atoms with van der Waals surface area (Å²) in [5, 5.41) is 9.16. The smallest absolute Gasteiger partial charge is 0.322 e. The highest BCUT2D eigenvalue weighted by molar-refractivity contribution is 9.10. The second-order valence-electron chi connectivity index (χ2n) is 4.27. The molecule has 1 unspecified atom stereocenters. The van der Waals surface area contributed by atoms with Gasteiger partial charge < -0.3 is 9.84 Å². The number of thioether (sulfide) groups is 1. The molecule has 1 aromatic carbocycles. The summed E-state index contributed by atoms with van der Waals surface area (Å²) in [4.78, 5) is 11.2. The fourth-order valence-corrected chi connectivity index (χ4v) is 5.75. The molecule has 0 radical (unpaired) electrons. The van der Waals surface area contributed by atoms with Crippen LogP contribution in [-0.2, 0) is 14.8 Å². The molecule has 1 saturated heterocycles. The summed E-state index contributed by atoms with van der Waals surface area (Å²) in [6, 6.07) is 3.62. The predicted octanol–water partition coefficient (Wildman–Crippen LogP) is 2.00. The Bertz CT molecular complexity index is 649. The predicted molar refractivity (Wildman–Crippen MR) is 83.1 cm³/mol. The lowest BCUT2D eigenvalue weighted by Gasteiger charge is -2.21. The molecule has 1 aromatic rings. The van der Waals surface area contributed by atoms with Gasteiger partial charge in [-0.1, -0.05) is 15.9 Å². The van der Waals surface area contributed by atoms with Gasteiger partial charge in [0.05, 0.1) is 12.5 Å². The fourth-order valence-electron chi connectivity index (χ4n) is 1.94. The topological polar surface area (TPSA) is 83.9 Å². The first-order valence-electron chi connectivity index (χ1n) is 6.12. The minimum absolute atomic E-state index is 0.0209. The Morgan fingerprint density at radius 3 is 2.90 bits per heavy atom. The van der Waals surface area contributed by atoms with Gasteiger partial charge in [0.15, 0.2) is 0 Å². The Labute approximate surface area is 135 Å². The number of nitrogens with zero attached hydrogens (tertiary/aromatic N) is 1. The van der Waals surface area contributed by atoms with Crippen molar-refractivity contribution in [2.24, 2.45) is 0 Å². The second-order valence-corrected chi connectivity index (χ2v) is 8.04. The van der Waals surface area contributed by atoms with Crippen molar-refractivity contribution in [3.8, 4) is 5.75 Å². The number of rotatable bonds is 5. The third-order valence-corrected chi connectivity index (χ3v) is 6.46. The molecule has 0 saturated carbocycles. The minimum Gasteiger partial charge on any atom is -0.492 e. The summed E-state index contributed by atoms with van der Waals surface area (Å²) < 4.78 is 32.4. The van der Waals surface area contributed by atoms with Crippen LogP contribution in [0, 0.1) is 0 Å². The average Bonchev–Trinajstić information content (AvgIpc) is 2.91. The lowest BCUT2D eigenvalue weighted by Crippen LogP contribution is -2.41. The van der Waals surface area contributed by atoms with Crippen molar-refractivity contribution in [1.82, 2.24) is 4.31 Å². The van der Waals surface area contributed by atoms with E-state index in [0.717, 1.165) is 4.31 Å². The summed E-state index contributed by atoms with van der Waals surface area (Å²) >= 11 is 4.51. The minimum atomic E-state index is -3.93. The largest absolute Gasteiger partial charge is 0.492 e. The van der Waals surface area contributed by atoms with E-state index in [1.54, 1.807) is 19.1 Å². The number of carbonyl (C=O) groups is 1. The van der Waals surface area contributed by atoms with E-state index in [1.165, 1.54) is 17.8 Å². The van der Waals surface area contributed by atoms with E-state index < -0.39 is 22.0 Å². The van der Waals surface area contributed by atoms with Crippen LogP contribution in [0.1, 0.15) is 6.92 Å². The maximum absolute atomic E-state index is 12.7. The standard InChI is InChI=1S/C12H14BrNO5S2/c1-2-19-10-4-3-8(13)5-11(10)21(17,18)14-7-20-6-9(14)12(15)16/h3-5,9H,2,6-7H2,1H3,(H,15,16). The molecular weight excluding hydrogens is 382 g/mol. The summed E-state index contributed by atoms with van der Waals surface area (Å²) in [5.41, 5.74) is 0. The SMILES string of the molecule is CCOc1ccc(Br)cc1S(=O)(=O)N1CSCC1C(=O)O. The van der Waals surface area contributed by atoms with Crippen molar-refractivity contribution < 1.29 is 23.1 Å². The molecule has 0 aliphatic carbocycles. The van der Waals surface area contributed by atoms with Crippen molar-refractivity contribution in [1.29, 1.82) is 0 Å². The molecule has 2 rings (SSSR count). The molecule has 1 N–H and O–H groups in total. The van der Waals surface area contributed by atoms with Crippen LogP contribution in [0.3, 0.4) is 0 Å². The van der Waals surface area contributed by atoms with Crippen LogP contribution < -0.4 is 4.74 Å². The lowest BCUT2D eigenvalue weighted by atomic mass is 10.3. The zero-order valence-electron chi connectivity index (χ0n) is 11.2. The summed E-state index contributed by atoms with van der Waals surface area (Å²) in [6.07, 6.45) is 0. The molecular formula is C12H14BrNO5S2. The van der Waals surface area contributed by atoms with Gasteiger partial charge in [-0.25, -0.2) is 8.42 Å². The van der Waals surface area contributed by atoms with Gasteiger partial charge in [-0.2, -0.15) is 4.31 Å². The number of hydrogen-bond donors (Lipinski definition) is 1. The van der Waals surface area contributed by atoms with E-state index in [0.29, 0.717) is 11.1 Å². The van der Waals surface area contributed by atoms with Crippen molar-refractivity contribution in [3.63, 3.8) is 0 Å². The molecule has 21 heavy (non-hydrogen) atoms. The number of sulfonamides is 1. The molecule has 6 nitrogen and oxygen atoms in total. The highest BCUT2D eigenvalue weighted by atomic mass is 79.9. The first-order valence-corrected chi connectivity index (χ1v) is 9.51. The van der Waals surface area contributed by atoms with E-state index in [-0.39, 0.29) is 22.3 Å². The third-order valence-electron chi connectivity index (χ3n) is 2.92. The average molecular weight is 396 g/mol. The lowest BCUT2D eigenvalue weighted by molar-refractivity contribution is -0.140. The van der Waals surface area contributed by atoms with Crippen LogP contribution in [0.2, 0.25) is 0 Å². The van der Waals surface area contributed by atoms with Crippen LogP contribution in [0.4, 0.5) is 0 Å². The number of hydrogen-bond acceptors (Lipinski definition) is 5. The number of carboxylic acids is 1. The van der Waals surface area contributed by atoms with E-state index in [1.807, 2.05) is 0 Å². The van der Waals surface area contributed by atoms with E-state index in [9.17, 15) is 13.2 Å². The Morgan fingerprint density at radius 2 is 2.29 bits per heavy atom. The number of benzene rings is 1. The van der Waals surface area contributed by atoms with Gasteiger partial charge in [-0.3, -0.25) is 4.79 Å². The molecule has 1 atom stereocenters. The maximum atomic E-state index is 12.7. The summed E-state index contributed by atoms with van der Waals surface area (Å²) in [5.74, 6) is -0.553. The van der Waals surface area contributed by atoms with Gasteiger partial charge in [0.25, 0.3) is 0 Å². The van der Waals surface area contributed by atoms with E-state index in [4.69, 9.17) is 9.84 Å². The van der Waals surface area contributed by atoms with Gasteiger partial charge in [0.2, 0.25) is 10.0 Å². The molecule has 0 spiro atoms. The van der Waals surface area contributed by atoms with Crippen molar-refractivity contribution >= 4 is 43.7 Å². The van der Waals surface area contributed by atoms with Gasteiger partial charge in [-0.15, -0.1) is 11.8 Å². The first kappa shape index (κ1) is 16.6. The zero-order chi connectivity index (χ0) is 15.6. The van der Waals surface area contributed by atoms with Crippen LogP contribution >= 0.6 is 27.7 Å². The number of carboxylic acid groups (broad SMARTS) is 1. The van der Waals surface area contributed by atoms with Crippen molar-refractivity contribution in [3.05, 3.63) is 22.7 Å². The quantitative estimate of drug-likeness (QED) is 0.820. The van der Waals surface area contributed by atoms with E-state index in [2.05, 4.69) is 15.9 Å². The number of aliphatic carboxylic acids is 1. The Morgan fingerprint density at radius 1 is 1.57 bits per heavy atom. The zero-order valence-corrected chi connectivity index (χ0v) is 14.4. The molecule has 0 bridgehead atoms. The van der Waals surface area contributed by atoms with Gasteiger partial charge >= 0.3 is 5.97 Å². The van der Waals surface area contributed by atoms with Crippen molar-refractivity contribution in [2.75, 3.05) is 18.2 Å². The molecule has 1 heterocycles. The molecule has 1 fully saturated rings. The fraction of sp³-hybridized carbons (Fsp3) is 0.417. The Balaban J connectivity index is 2.48. The Hall–Kier alpha value is -0.770. The van der Waals surface area contributed by atoms with Gasteiger partial charge in [-0.05, 0) is 25.1 Å². The van der Waals surface area contributed by atoms with Gasteiger partial charge in [0, 0.05) is 10.2 Å². The molecule has 0 amide bonds. The second kappa shape index (κ2) is 6.55. The molecule has 9 heteroatoms. The van der Waals surface area contributed by atoms with Gasteiger partial charge in [0.1, 0.15) is 16.7 Å². The highest BCUT2D eigenvalue weighted by Crippen LogP contribution is 2.34. The molecule has 1 aliphatic heterocycles. The number of halogens is 1. The van der Waals surface area contributed by atoms with Crippen LogP contribution in [0.5, 0.6) is 5.75 Å². The number of ether oxygens (including phenoxy) is 1. The normalized spacial score (nSPS) is 19.6. The van der Waals surface area contributed by atoms with Crippen LogP contribution in [0.15, 0.2) is 27.6 Å². The summed E-state index contributed by atoms with van der Waals surface area (Å²) in [6.45, 7) is 2.07. The van der Waals surface area contributed by atoms with Crippen molar-refractivity contribution in [2.45, 2.75) is 17.9 Å². The van der Waals surface area contributed by atoms with E-state index >= 15 is 0 Å². The van der Waals surface area contributed by atoms with Crippen LogP contribution in [-0.4, -0.2) is 48.1 Å². The first-order chi connectivity index (χ1) is 9.87. The third kappa shape index (κ3) is 3.36. The summed E-state index contributed by atoms with van der Waals surface area (Å²) in [7, 11) is -3.93. The molecule has 116 valence electrons. The monoisotopic (exact) mass is 395 g/mol. The van der Waals surface area contributed by atoms with Crippen LogP contribution in [0.25, 0.3) is 0 Å². The molecule has 0 aromatic heterocycles. The highest BCUT2D eigenvalue weighted by Gasteiger charge is 2.41.